The van der Waals surface area contributed by atoms with Crippen molar-refractivity contribution in [1.82, 2.24) is 10.2 Å². The van der Waals surface area contributed by atoms with Crippen LogP contribution in [0.1, 0.15) is 23.4 Å². The van der Waals surface area contributed by atoms with E-state index in [2.05, 4.69) is 10.2 Å². The Hall–Kier alpha value is -1.45. The van der Waals surface area contributed by atoms with Crippen molar-refractivity contribution < 1.29 is 28.9 Å². The second-order valence-electron chi connectivity index (χ2n) is 6.55. The number of hydrogen-bond donors (Lipinski definition) is 3. The van der Waals surface area contributed by atoms with Crippen LogP contribution in [-0.2, 0) is 9.47 Å². The summed E-state index contributed by atoms with van der Waals surface area (Å²) in [5.74, 6) is -0.101. The summed E-state index contributed by atoms with van der Waals surface area (Å²) in [5, 5.41) is 22.9. The number of likely N-dealkylation sites (tertiary alicyclic amines) is 1. The first-order chi connectivity index (χ1) is 12.2. The largest absolute Gasteiger partial charge is 0.459 e. The lowest BCUT2D eigenvalue weighted by Gasteiger charge is -2.34. The van der Waals surface area contributed by atoms with E-state index in [0.717, 1.165) is 19.4 Å². The number of aliphatic hydroxyl groups excluding tert-OH is 2. The number of furan rings is 1. The minimum Gasteiger partial charge on any atom is -0.459 e. The minimum atomic E-state index is -0.812. The molecule has 8 heteroatoms. The van der Waals surface area contributed by atoms with Crippen LogP contribution < -0.4 is 5.32 Å². The molecule has 2 fully saturated rings. The second kappa shape index (κ2) is 8.29. The lowest BCUT2D eigenvalue weighted by atomic mass is 10.0. The fraction of sp³-hybridized carbons (Fsp3) is 0.706. The SMILES string of the molecule is COC[C@@H]1CCCN1[C@H]1[C@H](O)[C@H](CO)O[C@@H]1CNC(=O)c1ccco1. The summed E-state index contributed by atoms with van der Waals surface area (Å²) in [4.78, 5) is 14.3. The molecule has 140 valence electrons. The van der Waals surface area contributed by atoms with Crippen molar-refractivity contribution in [2.24, 2.45) is 0 Å². The first-order valence-corrected chi connectivity index (χ1v) is 8.66. The quantitative estimate of drug-likeness (QED) is 0.612. The van der Waals surface area contributed by atoms with Gasteiger partial charge >= 0.3 is 0 Å². The normalized spacial score (nSPS) is 33.0. The zero-order chi connectivity index (χ0) is 17.8. The molecule has 3 N–H and O–H groups in total. The Balaban J connectivity index is 1.68. The van der Waals surface area contributed by atoms with E-state index in [1.54, 1.807) is 19.2 Å². The molecule has 5 atom stereocenters. The molecule has 0 aliphatic carbocycles. The fourth-order valence-electron chi connectivity index (χ4n) is 3.86. The molecule has 1 aromatic heterocycles. The zero-order valence-electron chi connectivity index (χ0n) is 14.3. The summed E-state index contributed by atoms with van der Waals surface area (Å²) >= 11 is 0. The van der Waals surface area contributed by atoms with Gasteiger partial charge in [-0.2, -0.15) is 0 Å². The standard InChI is InChI=1S/C17H26N2O6/c1-23-10-11-4-2-6-19(11)15-13(25-14(9-20)16(15)21)8-18-17(22)12-5-3-7-24-12/h3,5,7,11,13-16,20-21H,2,4,6,8-10H2,1H3,(H,18,22)/t11-,13+,14-,15+,16+/m0/s1. The van der Waals surface area contributed by atoms with E-state index < -0.39 is 18.3 Å². The van der Waals surface area contributed by atoms with Crippen LogP contribution in [0.25, 0.3) is 0 Å². The molecular weight excluding hydrogens is 328 g/mol. The van der Waals surface area contributed by atoms with Crippen LogP contribution in [0.2, 0.25) is 0 Å². The van der Waals surface area contributed by atoms with Crippen LogP contribution in [0.15, 0.2) is 22.8 Å². The highest BCUT2D eigenvalue weighted by molar-refractivity contribution is 5.91. The predicted octanol–water partition coefficient (Wildman–Crippen LogP) is -0.391. The molecule has 2 aliphatic heterocycles. The van der Waals surface area contributed by atoms with Crippen molar-refractivity contribution in [3.05, 3.63) is 24.2 Å². The molecule has 0 radical (unpaired) electrons. The van der Waals surface area contributed by atoms with E-state index in [4.69, 9.17) is 13.9 Å². The number of hydrogen-bond acceptors (Lipinski definition) is 7. The first-order valence-electron chi connectivity index (χ1n) is 8.66. The molecule has 8 nitrogen and oxygen atoms in total. The first kappa shape index (κ1) is 18.3. The van der Waals surface area contributed by atoms with Gasteiger partial charge in [-0.3, -0.25) is 9.69 Å². The Labute approximate surface area is 146 Å². The molecule has 1 amide bonds. The van der Waals surface area contributed by atoms with Gasteiger partial charge in [0.15, 0.2) is 5.76 Å². The van der Waals surface area contributed by atoms with Crippen LogP contribution in [-0.4, -0.2) is 84.8 Å². The summed E-state index contributed by atoms with van der Waals surface area (Å²) in [5.41, 5.74) is 0. The van der Waals surface area contributed by atoms with Crippen molar-refractivity contribution in [2.75, 3.05) is 33.4 Å². The highest BCUT2D eigenvalue weighted by Crippen LogP contribution is 2.31. The van der Waals surface area contributed by atoms with Gasteiger partial charge in [0, 0.05) is 19.7 Å². The molecule has 0 unspecified atom stereocenters. The third-order valence-corrected chi connectivity index (χ3v) is 5.01. The minimum absolute atomic E-state index is 0.203. The molecule has 2 aliphatic rings. The van der Waals surface area contributed by atoms with Crippen LogP contribution in [0, 0.1) is 0 Å². The van der Waals surface area contributed by atoms with Crippen molar-refractivity contribution in [3.63, 3.8) is 0 Å². The number of methoxy groups -OCH3 is 1. The van der Waals surface area contributed by atoms with Gasteiger partial charge in [0.1, 0.15) is 12.2 Å². The van der Waals surface area contributed by atoms with Gasteiger partial charge in [0.25, 0.3) is 5.91 Å². The highest BCUT2D eigenvalue weighted by Gasteiger charge is 2.48. The van der Waals surface area contributed by atoms with Crippen molar-refractivity contribution in [2.45, 2.75) is 43.2 Å². The number of nitrogens with zero attached hydrogens (tertiary/aromatic N) is 1. The molecule has 3 heterocycles. The number of ether oxygens (including phenoxy) is 2. The van der Waals surface area contributed by atoms with E-state index in [-0.39, 0.29) is 36.9 Å². The number of rotatable bonds is 7. The molecule has 1 aromatic rings. The summed E-state index contributed by atoms with van der Waals surface area (Å²) in [6.07, 6.45) is 1.57. The lowest BCUT2D eigenvalue weighted by molar-refractivity contribution is -0.0209. The highest BCUT2D eigenvalue weighted by atomic mass is 16.5. The van der Waals surface area contributed by atoms with Crippen molar-refractivity contribution in [3.8, 4) is 0 Å². The van der Waals surface area contributed by atoms with Crippen molar-refractivity contribution in [1.29, 1.82) is 0 Å². The Kier molecular flexibility index (Phi) is 6.08. The third-order valence-electron chi connectivity index (χ3n) is 5.01. The number of nitrogens with one attached hydrogen (secondary N) is 1. The van der Waals surface area contributed by atoms with Gasteiger partial charge in [-0.1, -0.05) is 0 Å². The second-order valence-corrected chi connectivity index (χ2v) is 6.55. The van der Waals surface area contributed by atoms with Gasteiger partial charge in [0.2, 0.25) is 0 Å². The van der Waals surface area contributed by atoms with E-state index in [1.807, 2.05) is 0 Å². The average molecular weight is 354 g/mol. The van der Waals surface area contributed by atoms with E-state index >= 15 is 0 Å². The molecule has 0 saturated carbocycles. The van der Waals surface area contributed by atoms with E-state index in [9.17, 15) is 15.0 Å². The Morgan fingerprint density at radius 3 is 3.00 bits per heavy atom. The van der Waals surface area contributed by atoms with Gasteiger partial charge in [-0.05, 0) is 31.5 Å². The topological polar surface area (TPSA) is 104 Å². The van der Waals surface area contributed by atoms with E-state index in [1.165, 1.54) is 6.26 Å². The molecule has 0 bridgehead atoms. The molecular formula is C17H26N2O6. The number of carbonyl (C=O) groups excluding carboxylic acids is 1. The Bertz CT molecular complexity index is 551. The lowest BCUT2D eigenvalue weighted by Crippen LogP contribution is -2.53. The zero-order valence-corrected chi connectivity index (χ0v) is 14.3. The van der Waals surface area contributed by atoms with E-state index in [0.29, 0.717) is 6.61 Å². The van der Waals surface area contributed by atoms with Crippen LogP contribution in [0.3, 0.4) is 0 Å². The van der Waals surface area contributed by atoms with Gasteiger partial charge in [-0.15, -0.1) is 0 Å². The number of amides is 1. The monoisotopic (exact) mass is 354 g/mol. The Morgan fingerprint density at radius 2 is 2.32 bits per heavy atom. The summed E-state index contributed by atoms with van der Waals surface area (Å²) in [6, 6.07) is 3.14. The molecule has 0 aromatic carbocycles. The Morgan fingerprint density at radius 1 is 1.48 bits per heavy atom. The number of carbonyl (C=O) groups is 1. The van der Waals surface area contributed by atoms with Crippen molar-refractivity contribution >= 4 is 5.91 Å². The maximum absolute atomic E-state index is 12.1. The molecule has 25 heavy (non-hydrogen) atoms. The predicted molar refractivity (Wildman–Crippen MR) is 88.2 cm³/mol. The maximum atomic E-state index is 12.1. The molecule has 0 spiro atoms. The average Bonchev–Trinajstić information content (AvgIpc) is 3.33. The fourth-order valence-corrected chi connectivity index (χ4v) is 3.86. The molecule has 2 saturated heterocycles. The molecule has 3 rings (SSSR count). The summed E-state index contributed by atoms with van der Waals surface area (Å²) in [7, 11) is 1.66. The van der Waals surface area contributed by atoms with Gasteiger partial charge < -0.3 is 29.4 Å². The number of aliphatic hydroxyl groups is 2. The van der Waals surface area contributed by atoms with Crippen LogP contribution in [0.4, 0.5) is 0 Å². The van der Waals surface area contributed by atoms with Gasteiger partial charge in [0.05, 0.1) is 31.6 Å². The van der Waals surface area contributed by atoms with Crippen LogP contribution in [0.5, 0.6) is 0 Å². The third kappa shape index (κ3) is 3.88. The maximum Gasteiger partial charge on any atom is 0.287 e. The smallest absolute Gasteiger partial charge is 0.287 e. The summed E-state index contributed by atoms with van der Waals surface area (Å²) < 4.78 is 16.2. The van der Waals surface area contributed by atoms with Gasteiger partial charge in [-0.25, -0.2) is 0 Å². The summed E-state index contributed by atoms with van der Waals surface area (Å²) in [6.45, 7) is 1.38. The van der Waals surface area contributed by atoms with Crippen LogP contribution >= 0.6 is 0 Å².